The maximum Gasteiger partial charge on any atom is 0.326 e. The molecule has 1 N–H and O–H groups in total. The summed E-state index contributed by atoms with van der Waals surface area (Å²) in [6.45, 7) is 3.95. The van der Waals surface area contributed by atoms with E-state index in [9.17, 15) is 19.1 Å². The van der Waals surface area contributed by atoms with Gasteiger partial charge in [-0.1, -0.05) is 49.4 Å². The molecule has 0 saturated carbocycles. The van der Waals surface area contributed by atoms with Gasteiger partial charge >= 0.3 is 5.97 Å². The minimum Gasteiger partial charge on any atom is -0.480 e. The van der Waals surface area contributed by atoms with E-state index in [0.29, 0.717) is 25.8 Å². The van der Waals surface area contributed by atoms with Gasteiger partial charge in [-0.3, -0.25) is 4.79 Å². The van der Waals surface area contributed by atoms with Crippen LogP contribution in [0.1, 0.15) is 49.6 Å². The van der Waals surface area contributed by atoms with Crippen LogP contribution in [0.5, 0.6) is 0 Å². The molecular formula is C29H29FN2O3. The summed E-state index contributed by atoms with van der Waals surface area (Å²) in [6.07, 6.45) is 2.38. The molecule has 0 fully saturated rings. The van der Waals surface area contributed by atoms with Crippen molar-refractivity contribution >= 4 is 33.6 Å². The number of carbonyl (C=O) groups is 2. The van der Waals surface area contributed by atoms with Crippen molar-refractivity contribution in [3.8, 4) is 0 Å². The summed E-state index contributed by atoms with van der Waals surface area (Å²) in [5.41, 5.74) is 3.74. The average Bonchev–Trinajstić information content (AvgIpc) is 3.15. The first-order valence-electron chi connectivity index (χ1n) is 12.2. The van der Waals surface area contributed by atoms with Crippen LogP contribution < -0.4 is 0 Å². The topological polar surface area (TPSA) is 62.5 Å². The minimum atomic E-state index is -0.889. The Morgan fingerprint density at radius 3 is 2.63 bits per heavy atom. The van der Waals surface area contributed by atoms with Crippen LogP contribution in [0, 0.1) is 5.82 Å². The number of carboxylic acid groups (broad SMARTS) is 1. The summed E-state index contributed by atoms with van der Waals surface area (Å²) in [7, 11) is 0. The molecule has 0 radical (unpaired) electrons. The second-order valence-electron chi connectivity index (χ2n) is 9.40. The molecule has 5 nitrogen and oxygen atoms in total. The molecule has 35 heavy (non-hydrogen) atoms. The lowest BCUT2D eigenvalue weighted by Gasteiger charge is -2.35. The van der Waals surface area contributed by atoms with Gasteiger partial charge in [0, 0.05) is 36.1 Å². The van der Waals surface area contributed by atoms with E-state index in [-0.39, 0.29) is 17.8 Å². The lowest BCUT2D eigenvalue weighted by molar-refractivity contribution is -0.141. The van der Waals surface area contributed by atoms with E-state index >= 15 is 0 Å². The molecule has 0 spiro atoms. The molecule has 3 aromatic carbocycles. The van der Waals surface area contributed by atoms with E-state index in [1.54, 1.807) is 13.0 Å². The average molecular weight is 473 g/mol. The van der Waals surface area contributed by atoms with Crippen LogP contribution >= 0.6 is 0 Å². The van der Waals surface area contributed by atoms with E-state index in [1.165, 1.54) is 12.1 Å². The summed E-state index contributed by atoms with van der Waals surface area (Å²) in [5.74, 6) is -1.24. The normalized spacial score (nSPS) is 16.3. The first-order chi connectivity index (χ1) is 16.9. The van der Waals surface area contributed by atoms with Crippen molar-refractivity contribution in [3.05, 3.63) is 83.3 Å². The first kappa shape index (κ1) is 23.1. The predicted octanol–water partition coefficient (Wildman–Crippen LogP) is 5.88. The molecule has 0 bridgehead atoms. The van der Waals surface area contributed by atoms with Crippen LogP contribution in [0.2, 0.25) is 0 Å². The second-order valence-corrected chi connectivity index (χ2v) is 9.40. The van der Waals surface area contributed by atoms with Crippen molar-refractivity contribution in [1.82, 2.24) is 9.47 Å². The number of fused-ring (bicyclic) bond motifs is 4. The number of hydrogen-bond acceptors (Lipinski definition) is 2. The maximum absolute atomic E-state index is 14.3. The van der Waals surface area contributed by atoms with Crippen LogP contribution in [0.25, 0.3) is 21.7 Å². The smallest absolute Gasteiger partial charge is 0.326 e. The van der Waals surface area contributed by atoms with Gasteiger partial charge in [0.1, 0.15) is 11.9 Å². The fraction of sp³-hybridized carbons (Fsp3) is 0.310. The number of amides is 1. The van der Waals surface area contributed by atoms with E-state index in [0.717, 1.165) is 44.9 Å². The number of halogens is 1. The Hall–Kier alpha value is -3.67. The predicted molar refractivity (Wildman–Crippen MR) is 135 cm³/mol. The molecule has 2 atom stereocenters. The number of hydrogen-bond donors (Lipinski definition) is 1. The summed E-state index contributed by atoms with van der Waals surface area (Å²) in [5, 5.41) is 12.9. The highest BCUT2D eigenvalue weighted by atomic mass is 19.1. The lowest BCUT2D eigenvalue weighted by atomic mass is 9.89. The molecule has 4 aromatic rings. The number of aromatic nitrogens is 1. The Labute approximate surface area is 203 Å². The van der Waals surface area contributed by atoms with Gasteiger partial charge in [-0.05, 0) is 65.8 Å². The Morgan fingerprint density at radius 2 is 1.89 bits per heavy atom. The lowest BCUT2D eigenvalue weighted by Crippen LogP contribution is -2.42. The molecule has 0 aliphatic heterocycles. The maximum atomic E-state index is 14.3. The van der Waals surface area contributed by atoms with E-state index < -0.39 is 12.0 Å². The molecule has 1 aromatic heterocycles. The monoisotopic (exact) mass is 472 g/mol. The molecule has 2 unspecified atom stereocenters. The van der Waals surface area contributed by atoms with Gasteiger partial charge in [-0.15, -0.1) is 0 Å². The van der Waals surface area contributed by atoms with Crippen LogP contribution in [0.3, 0.4) is 0 Å². The quantitative estimate of drug-likeness (QED) is 0.381. The highest BCUT2D eigenvalue weighted by Gasteiger charge is 2.33. The Balaban J connectivity index is 1.55. The fourth-order valence-electron chi connectivity index (χ4n) is 5.75. The van der Waals surface area contributed by atoms with Crippen molar-refractivity contribution in [2.75, 3.05) is 0 Å². The molecule has 6 heteroatoms. The molecule has 180 valence electrons. The zero-order valence-corrected chi connectivity index (χ0v) is 20.0. The van der Waals surface area contributed by atoms with Crippen molar-refractivity contribution in [1.29, 1.82) is 0 Å². The zero-order valence-electron chi connectivity index (χ0n) is 20.0. The Kier molecular flexibility index (Phi) is 6.05. The van der Waals surface area contributed by atoms with Crippen molar-refractivity contribution < 1.29 is 19.1 Å². The van der Waals surface area contributed by atoms with E-state index in [2.05, 4.69) is 24.3 Å². The summed E-state index contributed by atoms with van der Waals surface area (Å²) in [4.78, 5) is 26.8. The summed E-state index contributed by atoms with van der Waals surface area (Å²) in [6, 6.07) is 18.1. The number of nitrogens with zero attached hydrogens (tertiary/aromatic N) is 2. The van der Waals surface area contributed by atoms with E-state index in [4.69, 9.17) is 0 Å². The number of benzene rings is 3. The fourth-order valence-corrected chi connectivity index (χ4v) is 5.75. The molecule has 0 saturated heterocycles. The van der Waals surface area contributed by atoms with Gasteiger partial charge < -0.3 is 14.6 Å². The first-order valence-corrected chi connectivity index (χ1v) is 12.2. The number of carboxylic acids is 1. The third kappa shape index (κ3) is 4.07. The number of rotatable bonds is 6. The second kappa shape index (κ2) is 9.17. The molecule has 1 heterocycles. The summed E-state index contributed by atoms with van der Waals surface area (Å²) >= 11 is 0. The minimum absolute atomic E-state index is 0.00160. The van der Waals surface area contributed by atoms with Crippen molar-refractivity contribution in [2.45, 2.75) is 58.2 Å². The van der Waals surface area contributed by atoms with Gasteiger partial charge in [-0.2, -0.15) is 0 Å². The molecule has 5 rings (SSSR count). The van der Waals surface area contributed by atoms with Crippen LogP contribution in [0.4, 0.5) is 4.39 Å². The standard InChI is InChI=1S/C29H29FN2O3/c1-3-26(29(34)35)32-27-13-11-21(30)15-24(27)25-16-22(12-14-28(25)32)31(18(2)33)17-20-9-6-8-19-7-4-5-10-23(19)20/h4-11,13,15,22,26H,3,12,14,16-17H2,1-2H3,(H,34,35). The van der Waals surface area contributed by atoms with E-state index in [1.807, 2.05) is 34.6 Å². The molecule has 1 amide bonds. The molecule has 1 aliphatic rings. The van der Waals surface area contributed by atoms with Crippen molar-refractivity contribution in [3.63, 3.8) is 0 Å². The zero-order chi connectivity index (χ0) is 24.7. The molecule has 1 aliphatic carbocycles. The Morgan fingerprint density at radius 1 is 1.11 bits per heavy atom. The largest absolute Gasteiger partial charge is 0.480 e. The highest BCUT2D eigenvalue weighted by Crippen LogP contribution is 2.37. The van der Waals surface area contributed by atoms with Crippen LogP contribution in [0.15, 0.2) is 60.7 Å². The SMILES string of the molecule is CCC(C(=O)O)n1c2c(c3cc(F)ccc31)CC(N(Cc1cccc3ccccc13)C(C)=O)CC2. The number of aliphatic carboxylic acids is 1. The third-order valence-electron chi connectivity index (χ3n) is 7.39. The van der Waals surface area contributed by atoms with Crippen LogP contribution in [-0.4, -0.2) is 32.5 Å². The van der Waals surface area contributed by atoms with Gasteiger partial charge in [0.25, 0.3) is 0 Å². The van der Waals surface area contributed by atoms with Gasteiger partial charge in [0.15, 0.2) is 0 Å². The molecular weight excluding hydrogens is 443 g/mol. The number of carbonyl (C=O) groups excluding carboxylic acids is 1. The van der Waals surface area contributed by atoms with Gasteiger partial charge in [0.2, 0.25) is 5.91 Å². The summed E-state index contributed by atoms with van der Waals surface area (Å²) < 4.78 is 16.2. The van der Waals surface area contributed by atoms with Gasteiger partial charge in [0.05, 0.1) is 0 Å². The van der Waals surface area contributed by atoms with Crippen LogP contribution in [-0.2, 0) is 29.0 Å². The van der Waals surface area contributed by atoms with Gasteiger partial charge in [-0.25, -0.2) is 9.18 Å². The highest BCUT2D eigenvalue weighted by molar-refractivity contribution is 5.89. The Bertz CT molecular complexity index is 1440. The van der Waals surface area contributed by atoms with Crippen molar-refractivity contribution in [2.24, 2.45) is 0 Å². The third-order valence-corrected chi connectivity index (χ3v) is 7.39.